The van der Waals surface area contributed by atoms with E-state index in [4.69, 9.17) is 0 Å². The van der Waals surface area contributed by atoms with Crippen LogP contribution in [0, 0.1) is 0 Å². The zero-order valence-electron chi connectivity index (χ0n) is 29.8. The maximum absolute atomic E-state index is 3.08. The molecule has 0 amide bonds. The van der Waals surface area contributed by atoms with Gasteiger partial charge in [0.2, 0.25) is 0 Å². The summed E-state index contributed by atoms with van der Waals surface area (Å²) in [5.74, 6) is 0. The van der Waals surface area contributed by atoms with E-state index in [2.05, 4.69) is 161 Å². The van der Waals surface area contributed by atoms with Crippen molar-refractivity contribution in [3.8, 4) is 22.3 Å². The normalized spacial score (nSPS) is 22.8. The second-order valence-electron chi connectivity index (χ2n) is 17.2. The monoisotopic (exact) mass is 788 g/mol. The fourth-order valence-corrected chi connectivity index (χ4v) is 41.8. The summed E-state index contributed by atoms with van der Waals surface area (Å²) in [7, 11) is -1.93. The van der Waals surface area contributed by atoms with Gasteiger partial charge in [0.15, 0.2) is 0 Å². The predicted molar refractivity (Wildman–Crippen MR) is 201 cm³/mol. The van der Waals surface area contributed by atoms with Gasteiger partial charge in [0.1, 0.15) is 0 Å². The van der Waals surface area contributed by atoms with Crippen molar-refractivity contribution in [3.63, 3.8) is 0 Å². The van der Waals surface area contributed by atoms with Crippen molar-refractivity contribution in [3.05, 3.63) is 129 Å². The van der Waals surface area contributed by atoms with Crippen molar-refractivity contribution in [2.24, 2.45) is 0 Å². The number of benzene rings is 4. The molecule has 0 spiro atoms. The van der Waals surface area contributed by atoms with Crippen LogP contribution in [0.1, 0.15) is 95.6 Å². The molecule has 0 bridgehead atoms. The molecule has 46 heavy (non-hydrogen) atoms. The van der Waals surface area contributed by atoms with Gasteiger partial charge in [-0.2, -0.15) is 0 Å². The Balaban J connectivity index is 1.42. The first-order valence-electron chi connectivity index (χ1n) is 17.6. The summed E-state index contributed by atoms with van der Waals surface area (Å²) >= 11 is -3.08. The van der Waals surface area contributed by atoms with Crippen LogP contribution < -0.4 is 0 Å². The number of hydrogen-bond acceptors (Lipinski definition) is 0. The number of allylic oxidation sites excluding steroid dienone is 2. The van der Waals surface area contributed by atoms with E-state index in [1.54, 1.807) is 11.1 Å². The zero-order valence-corrected chi connectivity index (χ0v) is 34.4. The quantitative estimate of drug-likeness (QED) is 0.181. The second kappa shape index (κ2) is 11.0. The van der Waals surface area contributed by atoms with Crippen molar-refractivity contribution in [1.29, 1.82) is 0 Å². The van der Waals surface area contributed by atoms with E-state index in [0.29, 0.717) is 7.35 Å². The van der Waals surface area contributed by atoms with Crippen LogP contribution >= 0.6 is 0 Å². The molecule has 1 saturated heterocycles. The molecule has 2 heteroatoms. The average molecular weight is 787 g/mol. The van der Waals surface area contributed by atoms with Crippen LogP contribution in [0.3, 0.4) is 0 Å². The Labute approximate surface area is 284 Å². The van der Waals surface area contributed by atoms with Gasteiger partial charge in [-0.3, -0.25) is 0 Å². The summed E-state index contributed by atoms with van der Waals surface area (Å²) < 4.78 is 6.93. The fourth-order valence-electron chi connectivity index (χ4n) is 9.30. The molecule has 0 saturated carbocycles. The van der Waals surface area contributed by atoms with Gasteiger partial charge in [0.05, 0.1) is 0 Å². The molecule has 0 N–H and O–H groups in total. The third-order valence-electron chi connectivity index (χ3n) is 11.7. The Morgan fingerprint density at radius 3 is 1.41 bits per heavy atom. The van der Waals surface area contributed by atoms with E-state index in [0.717, 1.165) is 0 Å². The molecule has 1 aliphatic heterocycles. The molecule has 2 aliphatic carbocycles. The van der Waals surface area contributed by atoms with Crippen LogP contribution in [-0.2, 0) is 30.8 Å². The van der Waals surface area contributed by atoms with E-state index in [9.17, 15) is 0 Å². The van der Waals surface area contributed by atoms with Gasteiger partial charge in [0.25, 0.3) is 0 Å². The van der Waals surface area contributed by atoms with Gasteiger partial charge in [-0.25, -0.2) is 0 Å². The molecular formula is C44H52HfSi. The van der Waals surface area contributed by atoms with Crippen molar-refractivity contribution in [2.75, 3.05) is 0 Å². The second-order valence-corrected chi connectivity index (χ2v) is 38.8. The Hall–Kier alpha value is -2.55. The van der Waals surface area contributed by atoms with Crippen LogP contribution in [0.15, 0.2) is 95.3 Å². The fraction of sp³-hybridized carbons (Fsp3) is 0.364. The average Bonchev–Trinajstić information content (AvgIpc) is 3.61. The Morgan fingerprint density at radius 1 is 0.609 bits per heavy atom. The predicted octanol–water partition coefficient (Wildman–Crippen LogP) is 13.0. The molecule has 3 aliphatic rings. The molecule has 1 fully saturated rings. The standard InChI is InChI=1S/C42H46Si.2CH3.Hf/c1-9-22-43(8,35-25-31-16-12-20-37(39(31)27-35)29-14-10-18-33(23-29)41(2,3)4)36-26-32-17-13-21-38(40(32)28-36)30-15-11-19-34(24-30)42(5,6)7;;;/h10-21,23-28H,9,22H2,1-8H3;2*1H3;. The topological polar surface area (TPSA) is 0 Å². The maximum atomic E-state index is 2.80. The molecule has 4 aromatic rings. The van der Waals surface area contributed by atoms with Crippen molar-refractivity contribution < 1.29 is 20.0 Å². The van der Waals surface area contributed by atoms with Crippen LogP contribution in [0.5, 0.6) is 0 Å². The van der Waals surface area contributed by atoms with Gasteiger partial charge >= 0.3 is 286 Å². The Morgan fingerprint density at radius 2 is 1.02 bits per heavy atom. The molecule has 0 nitrogen and oxygen atoms in total. The Kier molecular flexibility index (Phi) is 7.65. The van der Waals surface area contributed by atoms with Crippen LogP contribution in [0.25, 0.3) is 34.4 Å². The van der Waals surface area contributed by atoms with Crippen LogP contribution in [-0.4, -0.2) is 8.07 Å². The third kappa shape index (κ3) is 4.92. The van der Waals surface area contributed by atoms with E-state index < -0.39 is 28.0 Å². The SMILES string of the molecule is CCC[Si]1(C)C2=Cc3c(-c4cccc(C(C)(C)C)c4)cccc3[CH]2[Hf]([CH3])([CH3])[CH]2C1=Cc1c(-c3cccc(C(C)(C)C)c3)cccc12. The summed E-state index contributed by atoms with van der Waals surface area (Å²) in [6.07, 6.45) is 6.74. The van der Waals surface area contributed by atoms with E-state index in [1.165, 1.54) is 57.0 Å². The first-order chi connectivity index (χ1) is 21.7. The molecule has 7 rings (SSSR count). The summed E-state index contributed by atoms with van der Waals surface area (Å²) in [6.45, 7) is 19.1. The van der Waals surface area contributed by atoms with Gasteiger partial charge in [0, 0.05) is 0 Å². The minimum absolute atomic E-state index is 0.135. The van der Waals surface area contributed by atoms with Gasteiger partial charge < -0.3 is 0 Å². The van der Waals surface area contributed by atoms with Gasteiger partial charge in [-0.1, -0.05) is 0 Å². The molecule has 0 radical (unpaired) electrons. The summed E-state index contributed by atoms with van der Waals surface area (Å²) in [5.41, 5.74) is 15.1. The van der Waals surface area contributed by atoms with Crippen molar-refractivity contribution in [2.45, 2.75) is 95.0 Å². The molecule has 4 aromatic carbocycles. The summed E-state index contributed by atoms with van der Waals surface area (Å²) in [5, 5.41) is 3.73. The molecule has 2 atom stereocenters. The van der Waals surface area contributed by atoms with Crippen molar-refractivity contribution >= 4 is 20.2 Å². The summed E-state index contributed by atoms with van der Waals surface area (Å²) in [6, 6.07) is 34.6. The molecule has 236 valence electrons. The minimum atomic E-state index is -3.08. The van der Waals surface area contributed by atoms with Crippen LogP contribution in [0.2, 0.25) is 22.0 Å². The molecule has 0 aromatic heterocycles. The van der Waals surface area contributed by atoms with E-state index in [-0.39, 0.29) is 10.8 Å². The number of fused-ring (bicyclic) bond motifs is 6. The first-order valence-corrected chi connectivity index (χ1v) is 31.6. The number of hydrogen-bond donors (Lipinski definition) is 0. The number of rotatable bonds is 4. The first kappa shape index (κ1) is 32.0. The third-order valence-corrected chi connectivity index (χ3v) is 33.9. The van der Waals surface area contributed by atoms with Gasteiger partial charge in [-0.05, 0) is 0 Å². The Bertz CT molecular complexity index is 1790. The van der Waals surface area contributed by atoms with Crippen LogP contribution in [0.4, 0.5) is 0 Å². The van der Waals surface area contributed by atoms with Crippen molar-refractivity contribution in [1.82, 2.24) is 0 Å². The van der Waals surface area contributed by atoms with E-state index in [1.807, 2.05) is 10.4 Å². The van der Waals surface area contributed by atoms with E-state index >= 15 is 0 Å². The van der Waals surface area contributed by atoms with Gasteiger partial charge in [-0.15, -0.1) is 0 Å². The molecule has 2 unspecified atom stereocenters. The molecule has 1 heterocycles. The summed E-state index contributed by atoms with van der Waals surface area (Å²) in [4.78, 5) is 0. The zero-order chi connectivity index (χ0) is 32.8. The molecular weight excluding hydrogens is 735 g/mol.